The Labute approximate surface area is 143 Å². The molecule has 134 valence electrons. The predicted octanol–water partition coefficient (Wildman–Crippen LogP) is -0.434. The average Bonchev–Trinajstić information content (AvgIpc) is 2.60. The van der Waals surface area contributed by atoms with Crippen LogP contribution in [0.5, 0.6) is 5.75 Å². The maximum absolute atomic E-state index is 12.1. The highest BCUT2D eigenvalue weighted by atomic mass is 16.5. The number of carbonyl (C=O) groups is 4. The SMILES string of the molecule is CCC(=O)c1ccc2c(c1)N(CC(=O)NC(CO)C(=O)O)C(=O)CO2. The summed E-state index contributed by atoms with van der Waals surface area (Å²) in [5.74, 6) is -2.43. The standard InChI is InChI=1S/C16H18N2O7/c1-2-12(20)9-3-4-13-11(5-9)18(15(22)8-25-13)6-14(21)17-10(7-19)16(23)24/h3-5,10,19H,2,6-8H2,1H3,(H,17,21)(H,23,24). The number of fused-ring (bicyclic) bond motifs is 1. The van der Waals surface area contributed by atoms with Crippen molar-refractivity contribution in [1.82, 2.24) is 5.32 Å². The smallest absolute Gasteiger partial charge is 0.328 e. The zero-order valence-electron chi connectivity index (χ0n) is 13.5. The summed E-state index contributed by atoms with van der Waals surface area (Å²) in [7, 11) is 0. The molecule has 0 aliphatic carbocycles. The van der Waals surface area contributed by atoms with Crippen LogP contribution < -0.4 is 15.0 Å². The van der Waals surface area contributed by atoms with E-state index >= 15 is 0 Å². The van der Waals surface area contributed by atoms with Crippen LogP contribution in [0.2, 0.25) is 0 Å². The van der Waals surface area contributed by atoms with Crippen molar-refractivity contribution in [2.45, 2.75) is 19.4 Å². The highest BCUT2D eigenvalue weighted by Crippen LogP contribution is 2.33. The van der Waals surface area contributed by atoms with Crippen LogP contribution in [0.3, 0.4) is 0 Å². The van der Waals surface area contributed by atoms with Gasteiger partial charge in [0.15, 0.2) is 12.4 Å². The molecule has 0 spiro atoms. The van der Waals surface area contributed by atoms with Crippen molar-refractivity contribution in [3.8, 4) is 5.75 Å². The summed E-state index contributed by atoms with van der Waals surface area (Å²) < 4.78 is 5.29. The fourth-order valence-corrected chi connectivity index (χ4v) is 2.32. The molecular weight excluding hydrogens is 332 g/mol. The summed E-state index contributed by atoms with van der Waals surface area (Å²) >= 11 is 0. The number of ether oxygens (including phenoxy) is 1. The minimum absolute atomic E-state index is 0.128. The number of hydrogen-bond donors (Lipinski definition) is 3. The number of aliphatic carboxylic acids is 1. The average molecular weight is 350 g/mol. The lowest BCUT2D eigenvalue weighted by atomic mass is 10.1. The van der Waals surface area contributed by atoms with Crippen LogP contribution in [0, 0.1) is 0 Å². The Kier molecular flexibility index (Phi) is 5.71. The van der Waals surface area contributed by atoms with Gasteiger partial charge in [-0.3, -0.25) is 19.3 Å². The molecule has 9 nitrogen and oxygen atoms in total. The molecule has 0 bridgehead atoms. The van der Waals surface area contributed by atoms with Gasteiger partial charge in [-0.05, 0) is 18.2 Å². The number of nitrogens with one attached hydrogen (secondary N) is 1. The maximum atomic E-state index is 12.1. The lowest BCUT2D eigenvalue weighted by Crippen LogP contribution is -2.50. The van der Waals surface area contributed by atoms with Crippen molar-refractivity contribution in [1.29, 1.82) is 0 Å². The predicted molar refractivity (Wildman–Crippen MR) is 85.6 cm³/mol. The van der Waals surface area contributed by atoms with Gasteiger partial charge in [-0.15, -0.1) is 0 Å². The lowest BCUT2D eigenvalue weighted by molar-refractivity contribution is -0.142. The minimum Gasteiger partial charge on any atom is -0.482 e. The summed E-state index contributed by atoms with van der Waals surface area (Å²) in [6.45, 7) is 0.200. The zero-order chi connectivity index (χ0) is 18.6. The first-order valence-corrected chi connectivity index (χ1v) is 7.60. The van der Waals surface area contributed by atoms with Gasteiger partial charge in [0.2, 0.25) is 5.91 Å². The zero-order valence-corrected chi connectivity index (χ0v) is 13.5. The Morgan fingerprint density at radius 3 is 2.68 bits per heavy atom. The summed E-state index contributed by atoms with van der Waals surface area (Å²) in [4.78, 5) is 48.0. The monoisotopic (exact) mass is 350 g/mol. The normalized spacial score (nSPS) is 14.3. The second-order valence-electron chi connectivity index (χ2n) is 5.37. The molecule has 0 saturated carbocycles. The van der Waals surface area contributed by atoms with E-state index in [1.807, 2.05) is 0 Å². The van der Waals surface area contributed by atoms with Crippen LogP contribution in [0.1, 0.15) is 23.7 Å². The molecule has 0 saturated heterocycles. The molecule has 1 aromatic rings. The molecule has 1 heterocycles. The summed E-state index contributed by atoms with van der Waals surface area (Å²) in [6, 6.07) is 3.12. The lowest BCUT2D eigenvalue weighted by Gasteiger charge is -2.29. The Balaban J connectivity index is 2.24. The van der Waals surface area contributed by atoms with Gasteiger partial charge in [0.1, 0.15) is 18.3 Å². The number of ketones is 1. The van der Waals surface area contributed by atoms with E-state index in [-0.39, 0.29) is 24.5 Å². The Hall–Kier alpha value is -2.94. The fraction of sp³-hybridized carbons (Fsp3) is 0.375. The number of hydrogen-bond acceptors (Lipinski definition) is 6. The largest absolute Gasteiger partial charge is 0.482 e. The van der Waals surface area contributed by atoms with Gasteiger partial charge in [0.25, 0.3) is 5.91 Å². The van der Waals surface area contributed by atoms with Gasteiger partial charge in [-0.1, -0.05) is 6.92 Å². The van der Waals surface area contributed by atoms with E-state index in [9.17, 15) is 19.2 Å². The van der Waals surface area contributed by atoms with Crippen molar-refractivity contribution in [3.05, 3.63) is 23.8 Å². The van der Waals surface area contributed by atoms with Crippen LogP contribution in [0.4, 0.5) is 5.69 Å². The van der Waals surface area contributed by atoms with Gasteiger partial charge in [-0.2, -0.15) is 0 Å². The van der Waals surface area contributed by atoms with E-state index < -0.39 is 37.0 Å². The minimum atomic E-state index is -1.46. The van der Waals surface area contributed by atoms with Gasteiger partial charge in [0.05, 0.1) is 12.3 Å². The molecule has 2 amide bonds. The number of amides is 2. The highest BCUT2D eigenvalue weighted by molar-refractivity contribution is 6.04. The molecule has 1 aliphatic heterocycles. The van der Waals surface area contributed by atoms with E-state index in [1.165, 1.54) is 6.07 Å². The van der Waals surface area contributed by atoms with E-state index in [0.29, 0.717) is 11.3 Å². The Morgan fingerprint density at radius 1 is 1.36 bits per heavy atom. The van der Waals surface area contributed by atoms with Gasteiger partial charge in [0, 0.05) is 12.0 Å². The van der Waals surface area contributed by atoms with Crippen LogP contribution in [-0.2, 0) is 14.4 Å². The van der Waals surface area contributed by atoms with Crippen molar-refractivity contribution < 1.29 is 34.1 Å². The van der Waals surface area contributed by atoms with Crippen molar-refractivity contribution in [2.24, 2.45) is 0 Å². The number of carbonyl (C=O) groups excluding carboxylic acids is 3. The number of carboxylic acid groups (broad SMARTS) is 1. The van der Waals surface area contributed by atoms with Crippen LogP contribution in [0.25, 0.3) is 0 Å². The molecule has 25 heavy (non-hydrogen) atoms. The van der Waals surface area contributed by atoms with E-state index in [4.69, 9.17) is 14.9 Å². The van der Waals surface area contributed by atoms with E-state index in [0.717, 1.165) is 4.90 Å². The molecular formula is C16H18N2O7. The number of anilines is 1. The Morgan fingerprint density at radius 2 is 2.08 bits per heavy atom. The first kappa shape index (κ1) is 18.4. The van der Waals surface area contributed by atoms with Gasteiger partial charge in [-0.25, -0.2) is 4.79 Å². The van der Waals surface area contributed by atoms with Gasteiger partial charge >= 0.3 is 5.97 Å². The number of rotatable bonds is 7. The second-order valence-corrected chi connectivity index (χ2v) is 5.37. The summed E-state index contributed by atoms with van der Waals surface area (Å²) in [5.41, 5.74) is 0.644. The third kappa shape index (κ3) is 4.13. The van der Waals surface area contributed by atoms with E-state index in [1.54, 1.807) is 19.1 Å². The molecule has 1 aromatic carbocycles. The first-order chi connectivity index (χ1) is 11.9. The number of aliphatic hydroxyl groups excluding tert-OH is 1. The first-order valence-electron chi connectivity index (χ1n) is 7.60. The number of carboxylic acids is 1. The molecule has 2 rings (SSSR count). The third-order valence-electron chi connectivity index (χ3n) is 3.66. The van der Waals surface area contributed by atoms with Crippen molar-refractivity contribution >= 4 is 29.3 Å². The van der Waals surface area contributed by atoms with E-state index in [2.05, 4.69) is 5.32 Å². The molecule has 3 N–H and O–H groups in total. The molecule has 1 unspecified atom stereocenters. The maximum Gasteiger partial charge on any atom is 0.328 e. The number of nitrogens with zero attached hydrogens (tertiary/aromatic N) is 1. The molecule has 0 fully saturated rings. The molecule has 1 atom stereocenters. The molecule has 1 aliphatic rings. The number of benzene rings is 1. The summed E-state index contributed by atoms with van der Waals surface area (Å²) in [5, 5.41) is 19.9. The number of aliphatic hydroxyl groups is 1. The Bertz CT molecular complexity index is 716. The molecule has 9 heteroatoms. The molecule has 0 radical (unpaired) electrons. The fourth-order valence-electron chi connectivity index (χ4n) is 2.32. The quantitative estimate of drug-likeness (QED) is 0.568. The summed E-state index contributed by atoms with van der Waals surface area (Å²) in [6.07, 6.45) is 0.283. The van der Waals surface area contributed by atoms with Crippen LogP contribution in [-0.4, -0.2) is 59.6 Å². The third-order valence-corrected chi connectivity index (χ3v) is 3.66. The van der Waals surface area contributed by atoms with Crippen molar-refractivity contribution in [3.63, 3.8) is 0 Å². The van der Waals surface area contributed by atoms with Gasteiger partial charge < -0.3 is 20.3 Å². The van der Waals surface area contributed by atoms with Crippen LogP contribution >= 0.6 is 0 Å². The van der Waals surface area contributed by atoms with Crippen molar-refractivity contribution in [2.75, 3.05) is 24.7 Å². The topological polar surface area (TPSA) is 133 Å². The molecule has 0 aromatic heterocycles. The highest BCUT2D eigenvalue weighted by Gasteiger charge is 2.29. The van der Waals surface area contributed by atoms with Crippen LogP contribution in [0.15, 0.2) is 18.2 Å². The number of Topliss-reactive ketones (excluding diaryl/α,β-unsaturated/α-hetero) is 1. The second kappa shape index (κ2) is 7.75.